The fraction of sp³-hybridized carbons (Fsp3) is 0.364. The Morgan fingerprint density at radius 3 is 2.30 bits per heavy atom. The first-order valence-corrected chi connectivity index (χ1v) is 10.4. The standard InChI is InChI=1S/C22H15F8N5O2/c1-10-7-11(3-4-12(10)18(36)32-19(9-31)5-6-19)14-8-13(34-37-14)16-15(21(25,26)27)17(33-35(16)2)20(23,24)22(28,29)30/h3-4,7-8H,5-6H2,1-2H3,(H,32,36). The van der Waals surface area contributed by atoms with Crippen LogP contribution in [0.1, 0.15) is 40.0 Å². The summed E-state index contributed by atoms with van der Waals surface area (Å²) < 4.78 is 113. The van der Waals surface area contributed by atoms with Gasteiger partial charge in [-0.2, -0.15) is 45.5 Å². The molecule has 0 saturated heterocycles. The molecule has 1 saturated carbocycles. The van der Waals surface area contributed by atoms with Crippen LogP contribution in [0, 0.1) is 18.3 Å². The van der Waals surface area contributed by atoms with Gasteiger partial charge in [-0.15, -0.1) is 0 Å². The van der Waals surface area contributed by atoms with Crippen LogP contribution in [0.25, 0.3) is 22.7 Å². The van der Waals surface area contributed by atoms with Crippen molar-refractivity contribution in [3.05, 3.63) is 46.6 Å². The number of rotatable bonds is 5. The predicted octanol–water partition coefficient (Wildman–Crippen LogP) is 5.51. The monoisotopic (exact) mass is 533 g/mol. The normalized spacial score (nSPS) is 15.4. The van der Waals surface area contributed by atoms with E-state index in [1.54, 1.807) is 6.92 Å². The average Bonchev–Trinajstić information content (AvgIpc) is 3.21. The van der Waals surface area contributed by atoms with Gasteiger partial charge < -0.3 is 9.84 Å². The second-order valence-corrected chi connectivity index (χ2v) is 8.52. The summed E-state index contributed by atoms with van der Waals surface area (Å²) in [7, 11) is 0.764. The van der Waals surface area contributed by atoms with Crippen molar-refractivity contribution in [2.75, 3.05) is 0 Å². The molecule has 196 valence electrons. The molecular formula is C22H15F8N5O2. The molecule has 0 bridgehead atoms. The van der Waals surface area contributed by atoms with Crippen LogP contribution in [0.4, 0.5) is 35.1 Å². The minimum absolute atomic E-state index is 0.154. The molecule has 2 heterocycles. The van der Waals surface area contributed by atoms with Crippen molar-refractivity contribution in [2.24, 2.45) is 7.05 Å². The highest BCUT2D eigenvalue weighted by atomic mass is 19.4. The molecule has 0 spiro atoms. The first-order chi connectivity index (χ1) is 17.0. The van der Waals surface area contributed by atoms with Gasteiger partial charge in [0.05, 0.1) is 6.07 Å². The number of amides is 1. The SMILES string of the molecule is Cc1cc(-c2cc(-c3c(C(F)(F)F)c(C(F)(F)C(F)(F)F)nn3C)no2)ccc1C(=O)NC1(C#N)CC1. The highest BCUT2D eigenvalue weighted by Gasteiger charge is 2.64. The zero-order valence-electron chi connectivity index (χ0n) is 18.9. The number of nitriles is 1. The van der Waals surface area contributed by atoms with Crippen LogP contribution in [-0.2, 0) is 19.1 Å². The van der Waals surface area contributed by atoms with E-state index in [0.717, 1.165) is 13.1 Å². The number of nitrogens with zero attached hydrogens (tertiary/aromatic N) is 4. The zero-order chi connectivity index (χ0) is 27.6. The van der Waals surface area contributed by atoms with Gasteiger partial charge in [-0.25, -0.2) is 0 Å². The number of hydrogen-bond acceptors (Lipinski definition) is 5. The molecule has 1 fully saturated rings. The van der Waals surface area contributed by atoms with Gasteiger partial charge in [0.1, 0.15) is 22.5 Å². The summed E-state index contributed by atoms with van der Waals surface area (Å²) in [6.45, 7) is 1.55. The van der Waals surface area contributed by atoms with Crippen LogP contribution >= 0.6 is 0 Å². The van der Waals surface area contributed by atoms with E-state index in [-0.39, 0.29) is 21.6 Å². The molecule has 0 atom stereocenters. The van der Waals surface area contributed by atoms with E-state index >= 15 is 0 Å². The van der Waals surface area contributed by atoms with Crippen molar-refractivity contribution in [3.8, 4) is 28.8 Å². The maximum Gasteiger partial charge on any atom is 0.459 e. The molecule has 1 amide bonds. The van der Waals surface area contributed by atoms with Crippen molar-refractivity contribution in [1.82, 2.24) is 20.3 Å². The Morgan fingerprint density at radius 1 is 1.14 bits per heavy atom. The number of aromatic nitrogens is 3. The van der Waals surface area contributed by atoms with Crippen molar-refractivity contribution < 1.29 is 44.4 Å². The zero-order valence-corrected chi connectivity index (χ0v) is 18.9. The van der Waals surface area contributed by atoms with E-state index < -0.39 is 52.4 Å². The molecule has 3 aromatic rings. The highest BCUT2D eigenvalue weighted by Crippen LogP contribution is 2.50. The van der Waals surface area contributed by atoms with Crippen molar-refractivity contribution in [1.29, 1.82) is 5.26 Å². The van der Waals surface area contributed by atoms with Gasteiger partial charge in [0, 0.05) is 24.2 Å². The lowest BCUT2D eigenvalue weighted by Gasteiger charge is -2.19. The molecule has 1 aliphatic carbocycles. The number of alkyl halides is 8. The summed E-state index contributed by atoms with van der Waals surface area (Å²) in [5.74, 6) is -6.55. The van der Waals surface area contributed by atoms with Gasteiger partial charge in [-0.3, -0.25) is 9.48 Å². The van der Waals surface area contributed by atoms with E-state index in [9.17, 15) is 39.9 Å². The second-order valence-electron chi connectivity index (χ2n) is 8.52. The van der Waals surface area contributed by atoms with Crippen LogP contribution < -0.4 is 5.32 Å². The maximum atomic E-state index is 13.9. The second kappa shape index (κ2) is 8.29. The largest absolute Gasteiger partial charge is 0.459 e. The smallest absolute Gasteiger partial charge is 0.356 e. The summed E-state index contributed by atoms with van der Waals surface area (Å²) in [5.41, 5.74) is -6.71. The van der Waals surface area contributed by atoms with Gasteiger partial charge in [-0.1, -0.05) is 11.2 Å². The summed E-state index contributed by atoms with van der Waals surface area (Å²) >= 11 is 0. The molecule has 0 radical (unpaired) electrons. The fourth-order valence-electron chi connectivity index (χ4n) is 3.71. The number of halogens is 8. The van der Waals surface area contributed by atoms with Crippen molar-refractivity contribution in [2.45, 2.75) is 43.6 Å². The van der Waals surface area contributed by atoms with Crippen LogP contribution in [0.3, 0.4) is 0 Å². The van der Waals surface area contributed by atoms with E-state index in [0.29, 0.717) is 18.4 Å². The lowest BCUT2D eigenvalue weighted by molar-refractivity contribution is -0.292. The first-order valence-electron chi connectivity index (χ1n) is 10.4. The summed E-state index contributed by atoms with van der Waals surface area (Å²) in [6, 6.07) is 7.12. The molecule has 4 rings (SSSR count). The Morgan fingerprint density at radius 2 is 1.78 bits per heavy atom. The molecule has 1 aliphatic rings. The third-order valence-electron chi connectivity index (χ3n) is 5.81. The number of benzene rings is 1. The summed E-state index contributed by atoms with van der Waals surface area (Å²) in [4.78, 5) is 12.5. The van der Waals surface area contributed by atoms with Gasteiger partial charge in [0.25, 0.3) is 5.91 Å². The van der Waals surface area contributed by atoms with Crippen LogP contribution in [0.2, 0.25) is 0 Å². The lowest BCUT2D eigenvalue weighted by Crippen LogP contribution is -2.36. The summed E-state index contributed by atoms with van der Waals surface area (Å²) in [6.07, 6.45) is -10.9. The predicted molar refractivity (Wildman–Crippen MR) is 109 cm³/mol. The molecular weight excluding hydrogens is 518 g/mol. The van der Waals surface area contributed by atoms with E-state index in [1.807, 2.05) is 6.07 Å². The third-order valence-corrected chi connectivity index (χ3v) is 5.81. The Bertz CT molecular complexity index is 1420. The quantitative estimate of drug-likeness (QED) is 0.437. The highest BCUT2D eigenvalue weighted by molar-refractivity contribution is 5.97. The van der Waals surface area contributed by atoms with E-state index in [4.69, 9.17) is 9.78 Å². The Balaban J connectivity index is 1.72. The minimum atomic E-state index is -6.33. The van der Waals surface area contributed by atoms with Crippen LogP contribution in [-0.4, -0.2) is 32.6 Å². The van der Waals surface area contributed by atoms with Crippen molar-refractivity contribution >= 4 is 5.91 Å². The Labute approximate surface area is 202 Å². The Kier molecular flexibility index (Phi) is 5.85. The molecule has 1 aromatic carbocycles. The number of carbonyl (C=O) groups is 1. The number of aryl methyl sites for hydroxylation is 2. The molecule has 0 aliphatic heterocycles. The van der Waals surface area contributed by atoms with Crippen LogP contribution in [0.15, 0.2) is 28.8 Å². The molecule has 2 aromatic heterocycles. The Hall–Kier alpha value is -3.96. The molecule has 7 nitrogen and oxygen atoms in total. The minimum Gasteiger partial charge on any atom is -0.356 e. The number of hydrogen-bond donors (Lipinski definition) is 1. The first kappa shape index (κ1) is 26.1. The molecule has 0 unspecified atom stereocenters. The van der Waals surface area contributed by atoms with E-state index in [1.165, 1.54) is 18.2 Å². The van der Waals surface area contributed by atoms with Gasteiger partial charge in [0.2, 0.25) is 0 Å². The lowest BCUT2D eigenvalue weighted by atomic mass is 10.0. The van der Waals surface area contributed by atoms with Gasteiger partial charge >= 0.3 is 18.3 Å². The molecule has 37 heavy (non-hydrogen) atoms. The van der Waals surface area contributed by atoms with Crippen LogP contribution in [0.5, 0.6) is 0 Å². The number of carbonyl (C=O) groups excluding carboxylic acids is 1. The van der Waals surface area contributed by atoms with Crippen molar-refractivity contribution in [3.63, 3.8) is 0 Å². The van der Waals surface area contributed by atoms with Gasteiger partial charge in [0.15, 0.2) is 11.5 Å². The van der Waals surface area contributed by atoms with E-state index in [2.05, 4.69) is 15.6 Å². The summed E-state index contributed by atoms with van der Waals surface area (Å²) in [5, 5.41) is 18.0. The topological polar surface area (TPSA) is 96.7 Å². The maximum absolute atomic E-state index is 13.9. The van der Waals surface area contributed by atoms with Gasteiger partial charge in [-0.05, 0) is 37.5 Å². The fourth-order valence-corrected chi connectivity index (χ4v) is 3.71. The molecule has 15 heteroatoms. The third kappa shape index (κ3) is 4.51. The average molecular weight is 533 g/mol. The number of nitrogens with one attached hydrogen (secondary N) is 1. The molecule has 1 N–H and O–H groups in total.